The molecule has 6 N–H and O–H groups in total. The van der Waals surface area contributed by atoms with Gasteiger partial charge in [0.15, 0.2) is 0 Å². The summed E-state index contributed by atoms with van der Waals surface area (Å²) < 4.78 is 72.2. The maximum absolute atomic E-state index is 13.9. The van der Waals surface area contributed by atoms with Crippen molar-refractivity contribution in [1.29, 1.82) is 0 Å². The van der Waals surface area contributed by atoms with Gasteiger partial charge in [-0.25, -0.2) is 9.48 Å². The number of benzene rings is 1. The molecule has 3 atom stereocenters. The van der Waals surface area contributed by atoms with Gasteiger partial charge < -0.3 is 88.6 Å². The highest BCUT2D eigenvalue weighted by Gasteiger charge is 2.37. The van der Waals surface area contributed by atoms with Crippen molar-refractivity contribution >= 4 is 47.2 Å². The molecular formula is C56H91N9O20. The van der Waals surface area contributed by atoms with Crippen molar-refractivity contribution in [3.8, 4) is 0 Å². The van der Waals surface area contributed by atoms with Gasteiger partial charge in [0.2, 0.25) is 17.7 Å². The van der Waals surface area contributed by atoms with Gasteiger partial charge in [0.05, 0.1) is 183 Å². The maximum Gasteiger partial charge on any atom is 0.312 e. The number of hydrogen-bond acceptors (Lipinski definition) is 22. The molecule has 0 saturated carbocycles. The molecule has 7 amide bonds. The molecule has 2 heterocycles. The normalized spacial score (nSPS) is 13.4. The van der Waals surface area contributed by atoms with Crippen molar-refractivity contribution in [3.63, 3.8) is 0 Å². The van der Waals surface area contributed by atoms with Crippen LogP contribution in [0.3, 0.4) is 0 Å². The van der Waals surface area contributed by atoms with Gasteiger partial charge in [-0.15, -0.1) is 5.10 Å². The van der Waals surface area contributed by atoms with E-state index in [1.807, 2.05) is 0 Å². The SMILES string of the molecule is COCCOCCOCCOCCOCCOCCOCCOCCOCCOCCOCCOCCn1cc([C@H](CC(=O)N[C@H](C(=O)N[C@@H](CCCNC(N)=O)C(=O)Nc2ccc(COC(=O)C(C)C)cc2)C(C)C)N2C(=O)C=CC2=O)nn1. The quantitative estimate of drug-likeness (QED) is 0.0349. The molecule has 0 saturated heterocycles. The number of esters is 1. The number of carbonyl (C=O) groups is 7. The maximum atomic E-state index is 13.9. The average molecular weight is 1210 g/mol. The monoisotopic (exact) mass is 1210 g/mol. The third-order valence-electron chi connectivity index (χ3n) is 12.0. The lowest BCUT2D eigenvalue weighted by atomic mass is 10.0. The molecule has 0 radical (unpaired) electrons. The first-order valence-electron chi connectivity index (χ1n) is 28.7. The van der Waals surface area contributed by atoms with Gasteiger partial charge in [-0.1, -0.05) is 45.0 Å². The summed E-state index contributed by atoms with van der Waals surface area (Å²) in [5.41, 5.74) is 6.45. The molecule has 29 nitrogen and oxygen atoms in total. The average Bonchev–Trinajstić information content (AvgIpc) is 4.28. The highest BCUT2D eigenvalue weighted by atomic mass is 16.6. The smallest absolute Gasteiger partial charge is 0.312 e. The number of anilines is 1. The summed E-state index contributed by atoms with van der Waals surface area (Å²) in [6.07, 6.45) is 3.54. The zero-order chi connectivity index (χ0) is 61.7. The fourth-order valence-electron chi connectivity index (χ4n) is 7.45. The van der Waals surface area contributed by atoms with Crippen molar-refractivity contribution in [2.24, 2.45) is 17.6 Å². The largest absolute Gasteiger partial charge is 0.461 e. The Kier molecular flexibility index (Phi) is 39.7. The molecule has 29 heteroatoms. The Hall–Kier alpha value is -6.09. The molecule has 1 aliphatic rings. The van der Waals surface area contributed by atoms with Crippen LogP contribution in [0.5, 0.6) is 0 Å². The van der Waals surface area contributed by atoms with E-state index in [4.69, 9.17) is 67.3 Å². The molecule has 3 rings (SSSR count). The van der Waals surface area contributed by atoms with E-state index in [1.54, 1.807) is 59.1 Å². The van der Waals surface area contributed by atoms with Gasteiger partial charge in [-0.2, -0.15) is 0 Å². The number of methoxy groups -OCH3 is 1. The first kappa shape index (κ1) is 73.2. The first-order valence-corrected chi connectivity index (χ1v) is 28.7. The number of nitrogens with zero attached hydrogens (tertiary/aromatic N) is 4. The Morgan fingerprint density at radius 1 is 0.588 bits per heavy atom. The van der Waals surface area contributed by atoms with Crippen LogP contribution in [0.15, 0.2) is 42.6 Å². The fourth-order valence-corrected chi connectivity index (χ4v) is 7.45. The van der Waals surface area contributed by atoms with Crippen molar-refractivity contribution in [2.75, 3.05) is 171 Å². The van der Waals surface area contributed by atoms with Gasteiger partial charge in [0.25, 0.3) is 11.8 Å². The second kappa shape index (κ2) is 46.2. The second-order valence-electron chi connectivity index (χ2n) is 19.5. The predicted octanol–water partition coefficient (Wildman–Crippen LogP) is 0.875. The number of ether oxygens (including phenoxy) is 13. The van der Waals surface area contributed by atoms with Crippen LogP contribution in [-0.2, 0) is 103 Å². The van der Waals surface area contributed by atoms with Crippen LogP contribution in [-0.4, -0.2) is 239 Å². The van der Waals surface area contributed by atoms with Crippen LogP contribution in [0.1, 0.15) is 64.3 Å². The Bertz CT molecular complexity index is 2200. The lowest BCUT2D eigenvalue weighted by molar-refractivity contribution is -0.148. The molecule has 1 aromatic carbocycles. The summed E-state index contributed by atoms with van der Waals surface area (Å²) in [7, 11) is 1.63. The van der Waals surface area contributed by atoms with Gasteiger partial charge in [-0.05, 0) is 36.5 Å². The number of nitrogens with one attached hydrogen (secondary N) is 4. The third-order valence-corrected chi connectivity index (χ3v) is 12.0. The number of nitrogens with two attached hydrogens (primary N) is 1. The molecule has 85 heavy (non-hydrogen) atoms. The Morgan fingerprint density at radius 3 is 1.46 bits per heavy atom. The number of aromatic nitrogens is 3. The van der Waals surface area contributed by atoms with E-state index in [-0.39, 0.29) is 63.3 Å². The van der Waals surface area contributed by atoms with Crippen molar-refractivity contribution < 1.29 is 95.1 Å². The highest BCUT2D eigenvalue weighted by molar-refractivity contribution is 6.13. The summed E-state index contributed by atoms with van der Waals surface area (Å²) in [4.78, 5) is 91.3. The van der Waals surface area contributed by atoms with Gasteiger partial charge in [0, 0.05) is 31.5 Å². The Labute approximate surface area is 497 Å². The minimum absolute atomic E-state index is 0.0487. The van der Waals surface area contributed by atoms with E-state index in [2.05, 4.69) is 31.6 Å². The van der Waals surface area contributed by atoms with E-state index in [0.29, 0.717) is 150 Å². The summed E-state index contributed by atoms with van der Waals surface area (Å²) in [6.45, 7) is 17.3. The van der Waals surface area contributed by atoms with E-state index < -0.39 is 66.0 Å². The van der Waals surface area contributed by atoms with Gasteiger partial charge in [-0.3, -0.25) is 33.7 Å². The van der Waals surface area contributed by atoms with Crippen molar-refractivity contribution in [1.82, 2.24) is 35.8 Å². The number of imide groups is 1. The van der Waals surface area contributed by atoms with E-state index >= 15 is 0 Å². The minimum Gasteiger partial charge on any atom is -0.461 e. The number of carbonyl (C=O) groups excluding carboxylic acids is 7. The summed E-state index contributed by atoms with van der Waals surface area (Å²) >= 11 is 0. The molecule has 0 bridgehead atoms. The standard InChI is InChI=1S/C56H91N9O20/c1-42(2)52(54(70)60-46(7-6-14-58-56(57)72)53(69)59-45-10-8-44(9-11-45)41-85-55(71)43(3)4)61-49(66)39-48(65-50(67)12-13-51(65)68)47-40-64(63-62-47)15-16-74-19-20-76-23-24-78-27-28-80-31-32-82-35-36-84-38-37-83-34-33-81-30-29-79-26-25-77-22-21-75-18-17-73-5/h8-13,40,42-43,46,48,52H,6-7,14-39,41H2,1-5H3,(H,59,69)(H,60,70)(H,61,66)(H3,57,58,72)/t46-,48-,52-/m0/s1. The van der Waals surface area contributed by atoms with E-state index in [1.165, 1.54) is 10.9 Å². The van der Waals surface area contributed by atoms with E-state index in [9.17, 15) is 33.6 Å². The zero-order valence-corrected chi connectivity index (χ0v) is 50.0. The van der Waals surface area contributed by atoms with Crippen LogP contribution < -0.4 is 27.0 Å². The highest BCUT2D eigenvalue weighted by Crippen LogP contribution is 2.26. The number of amides is 7. The number of urea groups is 1. The van der Waals surface area contributed by atoms with Crippen LogP contribution in [0, 0.1) is 11.8 Å². The van der Waals surface area contributed by atoms with Crippen molar-refractivity contribution in [2.45, 2.75) is 78.2 Å². The van der Waals surface area contributed by atoms with Gasteiger partial charge >= 0.3 is 12.0 Å². The third kappa shape index (κ3) is 34.0. The molecule has 2 aromatic rings. The Morgan fingerprint density at radius 2 is 1.04 bits per heavy atom. The van der Waals surface area contributed by atoms with Crippen molar-refractivity contribution in [3.05, 3.63) is 53.9 Å². The fraction of sp³-hybridized carbons (Fsp3) is 0.696. The summed E-state index contributed by atoms with van der Waals surface area (Å²) in [5.74, 6) is -4.41. The second-order valence-corrected chi connectivity index (χ2v) is 19.5. The first-order chi connectivity index (χ1) is 41.2. The zero-order valence-electron chi connectivity index (χ0n) is 50.0. The number of hydrogen-bond donors (Lipinski definition) is 5. The molecule has 0 fully saturated rings. The minimum atomic E-state index is -1.19. The number of rotatable bonds is 53. The Balaban J connectivity index is 1.27. The van der Waals surface area contributed by atoms with Crippen LogP contribution in [0.25, 0.3) is 0 Å². The number of primary amides is 1. The van der Waals surface area contributed by atoms with E-state index in [0.717, 1.165) is 17.1 Å². The topological polar surface area (TPSA) is 348 Å². The summed E-state index contributed by atoms with van der Waals surface area (Å²) in [6, 6.07) is 2.37. The molecule has 0 spiro atoms. The van der Waals surface area contributed by atoms with Gasteiger partial charge in [0.1, 0.15) is 24.4 Å². The predicted molar refractivity (Wildman–Crippen MR) is 304 cm³/mol. The molecule has 0 unspecified atom stereocenters. The van der Waals surface area contributed by atoms with Crippen LogP contribution in [0.2, 0.25) is 0 Å². The molecule has 1 aliphatic heterocycles. The lowest BCUT2D eigenvalue weighted by Crippen LogP contribution is -2.55. The molecule has 0 aliphatic carbocycles. The summed E-state index contributed by atoms with van der Waals surface area (Å²) in [5, 5.41) is 19.0. The molecule has 1 aromatic heterocycles. The van der Waals surface area contributed by atoms with Crippen LogP contribution in [0.4, 0.5) is 10.5 Å². The molecular weight excluding hydrogens is 1120 g/mol. The lowest BCUT2D eigenvalue weighted by Gasteiger charge is -2.27. The molecule has 480 valence electrons. The van der Waals surface area contributed by atoms with Crippen LogP contribution >= 0.6 is 0 Å².